The lowest BCUT2D eigenvalue weighted by atomic mass is 10.00. The third kappa shape index (κ3) is 4.64. The Balaban J connectivity index is 1.70. The van der Waals surface area contributed by atoms with Crippen LogP contribution in [0.5, 0.6) is 0 Å². The smallest absolute Gasteiger partial charge is 0.254 e. The Morgan fingerprint density at radius 3 is 2.11 bits per heavy atom. The highest BCUT2D eigenvalue weighted by Gasteiger charge is 2.17. The molecule has 27 heavy (non-hydrogen) atoms. The molecule has 2 aromatic rings. The van der Waals surface area contributed by atoms with E-state index < -0.39 is 0 Å². The van der Waals surface area contributed by atoms with Gasteiger partial charge in [0.25, 0.3) is 5.91 Å². The van der Waals surface area contributed by atoms with Gasteiger partial charge in [-0.1, -0.05) is 48.0 Å². The van der Waals surface area contributed by atoms with Crippen LogP contribution in [0.1, 0.15) is 49.2 Å². The second kappa shape index (κ2) is 8.21. The Bertz CT molecular complexity index is 851. The lowest BCUT2D eigenvalue weighted by Crippen LogP contribution is -2.34. The Morgan fingerprint density at radius 2 is 1.59 bits per heavy atom. The van der Waals surface area contributed by atoms with Gasteiger partial charge in [-0.25, -0.2) is 0 Å². The van der Waals surface area contributed by atoms with Gasteiger partial charge in [0, 0.05) is 25.6 Å². The lowest BCUT2D eigenvalue weighted by Gasteiger charge is -2.25. The Kier molecular flexibility index (Phi) is 5.75. The zero-order chi connectivity index (χ0) is 19.4. The van der Waals surface area contributed by atoms with Gasteiger partial charge in [-0.3, -0.25) is 9.59 Å². The monoisotopic (exact) mass is 362 g/mol. The average molecular weight is 362 g/mol. The van der Waals surface area contributed by atoms with E-state index in [0.717, 1.165) is 35.2 Å². The molecule has 0 aromatic heterocycles. The highest BCUT2D eigenvalue weighted by molar-refractivity contribution is 5.95. The van der Waals surface area contributed by atoms with Crippen LogP contribution in [0.4, 0.5) is 0 Å². The van der Waals surface area contributed by atoms with Crippen LogP contribution in [-0.4, -0.2) is 29.8 Å². The van der Waals surface area contributed by atoms with E-state index in [9.17, 15) is 9.59 Å². The first kappa shape index (κ1) is 18.9. The zero-order valence-electron chi connectivity index (χ0n) is 16.2. The predicted octanol–water partition coefficient (Wildman–Crippen LogP) is 4.34. The molecule has 1 N–H and O–H groups in total. The first-order valence-corrected chi connectivity index (χ1v) is 9.36. The van der Waals surface area contributed by atoms with E-state index in [-0.39, 0.29) is 17.9 Å². The van der Waals surface area contributed by atoms with E-state index in [1.54, 1.807) is 0 Å². The molecule has 0 bridgehead atoms. The van der Waals surface area contributed by atoms with Crippen molar-refractivity contribution >= 4 is 11.8 Å². The van der Waals surface area contributed by atoms with Gasteiger partial charge in [0.15, 0.2) is 0 Å². The molecule has 0 aliphatic carbocycles. The molecular formula is C23H26N2O2. The van der Waals surface area contributed by atoms with Crippen LogP contribution >= 0.6 is 0 Å². The number of nitrogens with one attached hydrogen (secondary N) is 1. The Hall–Kier alpha value is -2.88. The van der Waals surface area contributed by atoms with Crippen LogP contribution in [0, 0.1) is 0 Å². The van der Waals surface area contributed by atoms with E-state index in [2.05, 4.69) is 18.3 Å². The Morgan fingerprint density at radius 1 is 1.00 bits per heavy atom. The van der Waals surface area contributed by atoms with Gasteiger partial charge < -0.3 is 10.2 Å². The van der Waals surface area contributed by atoms with Crippen LogP contribution in [0.25, 0.3) is 11.1 Å². The number of hydrogen-bond acceptors (Lipinski definition) is 2. The molecule has 0 spiro atoms. The molecule has 3 rings (SSSR count). The van der Waals surface area contributed by atoms with Crippen molar-refractivity contribution < 1.29 is 9.59 Å². The minimum absolute atomic E-state index is 0.0150. The average Bonchev–Trinajstić information content (AvgIpc) is 2.68. The summed E-state index contributed by atoms with van der Waals surface area (Å²) in [6.45, 7) is 7.08. The number of carbonyl (C=O) groups is 2. The fourth-order valence-corrected chi connectivity index (χ4v) is 3.30. The van der Waals surface area contributed by atoms with Crippen molar-refractivity contribution in [2.24, 2.45) is 0 Å². The summed E-state index contributed by atoms with van der Waals surface area (Å²) in [6, 6.07) is 15.9. The van der Waals surface area contributed by atoms with Crippen molar-refractivity contribution in [1.82, 2.24) is 10.2 Å². The lowest BCUT2D eigenvalue weighted by molar-refractivity contribution is -0.119. The number of hydrogen-bond donors (Lipinski definition) is 1. The Labute approximate surface area is 160 Å². The van der Waals surface area contributed by atoms with Gasteiger partial charge in [-0.15, -0.1) is 0 Å². The number of amides is 2. The first-order valence-electron chi connectivity index (χ1n) is 9.36. The van der Waals surface area contributed by atoms with Crippen molar-refractivity contribution in [1.29, 1.82) is 0 Å². The third-order valence-electron chi connectivity index (χ3n) is 5.02. The van der Waals surface area contributed by atoms with Crippen LogP contribution in [-0.2, 0) is 4.79 Å². The quantitative estimate of drug-likeness (QED) is 0.823. The SMILES string of the molecule is CC(=O)N[C@@H](C)c1ccc(-c2ccc(C(=O)N3CC=C(C)CC3)cc2)cc1. The van der Waals surface area contributed by atoms with Crippen molar-refractivity contribution in [2.45, 2.75) is 33.2 Å². The van der Waals surface area contributed by atoms with Gasteiger partial charge in [-0.2, -0.15) is 0 Å². The van der Waals surface area contributed by atoms with Crippen LogP contribution in [0.3, 0.4) is 0 Å². The molecule has 0 fully saturated rings. The van der Waals surface area contributed by atoms with Crippen molar-refractivity contribution in [2.75, 3.05) is 13.1 Å². The second-order valence-corrected chi connectivity index (χ2v) is 7.17. The molecule has 4 nitrogen and oxygen atoms in total. The van der Waals surface area contributed by atoms with Gasteiger partial charge in [0.05, 0.1) is 6.04 Å². The van der Waals surface area contributed by atoms with Crippen LogP contribution in [0.2, 0.25) is 0 Å². The number of benzene rings is 2. The molecule has 140 valence electrons. The fraction of sp³-hybridized carbons (Fsp3) is 0.304. The first-order chi connectivity index (χ1) is 12.9. The summed E-state index contributed by atoms with van der Waals surface area (Å²) in [4.78, 5) is 25.7. The van der Waals surface area contributed by atoms with Gasteiger partial charge in [0.1, 0.15) is 0 Å². The molecule has 0 saturated carbocycles. The van der Waals surface area contributed by atoms with E-state index in [1.807, 2.05) is 60.4 Å². The van der Waals surface area contributed by atoms with Crippen molar-refractivity contribution in [3.8, 4) is 11.1 Å². The minimum atomic E-state index is -0.0359. The fourth-order valence-electron chi connectivity index (χ4n) is 3.30. The van der Waals surface area contributed by atoms with Crippen molar-refractivity contribution in [3.63, 3.8) is 0 Å². The summed E-state index contributed by atoms with van der Waals surface area (Å²) in [5, 5.41) is 2.89. The highest BCUT2D eigenvalue weighted by Crippen LogP contribution is 2.23. The number of carbonyl (C=O) groups excluding carboxylic acids is 2. The maximum Gasteiger partial charge on any atom is 0.254 e. The molecule has 1 aliphatic rings. The number of nitrogens with zero attached hydrogens (tertiary/aromatic N) is 1. The van der Waals surface area contributed by atoms with Gasteiger partial charge in [-0.05, 0) is 49.1 Å². The molecule has 1 atom stereocenters. The zero-order valence-corrected chi connectivity index (χ0v) is 16.2. The van der Waals surface area contributed by atoms with Gasteiger partial charge in [0.2, 0.25) is 5.91 Å². The molecule has 1 aliphatic heterocycles. The summed E-state index contributed by atoms with van der Waals surface area (Å²) in [5.41, 5.74) is 5.30. The van der Waals surface area contributed by atoms with Gasteiger partial charge >= 0.3 is 0 Å². The molecule has 4 heteroatoms. The van der Waals surface area contributed by atoms with Crippen LogP contribution in [0.15, 0.2) is 60.2 Å². The van der Waals surface area contributed by atoms with Crippen molar-refractivity contribution in [3.05, 3.63) is 71.3 Å². The normalized spacial score (nSPS) is 15.1. The molecule has 2 amide bonds. The predicted molar refractivity (Wildman–Crippen MR) is 108 cm³/mol. The summed E-state index contributed by atoms with van der Waals surface area (Å²) < 4.78 is 0. The minimum Gasteiger partial charge on any atom is -0.350 e. The second-order valence-electron chi connectivity index (χ2n) is 7.17. The summed E-state index contributed by atoms with van der Waals surface area (Å²) in [7, 11) is 0. The van der Waals surface area contributed by atoms with E-state index in [4.69, 9.17) is 0 Å². The maximum absolute atomic E-state index is 12.6. The molecule has 0 radical (unpaired) electrons. The molecule has 1 heterocycles. The molecule has 2 aromatic carbocycles. The van der Waals surface area contributed by atoms with E-state index >= 15 is 0 Å². The highest BCUT2D eigenvalue weighted by atomic mass is 16.2. The summed E-state index contributed by atoms with van der Waals surface area (Å²) >= 11 is 0. The maximum atomic E-state index is 12.6. The largest absolute Gasteiger partial charge is 0.350 e. The third-order valence-corrected chi connectivity index (χ3v) is 5.02. The molecule has 0 saturated heterocycles. The van der Waals surface area contributed by atoms with Crippen LogP contribution < -0.4 is 5.32 Å². The molecule has 0 unspecified atom stereocenters. The topological polar surface area (TPSA) is 49.4 Å². The summed E-state index contributed by atoms with van der Waals surface area (Å²) in [6.07, 6.45) is 3.08. The van der Waals surface area contributed by atoms with E-state index in [0.29, 0.717) is 6.54 Å². The van der Waals surface area contributed by atoms with E-state index in [1.165, 1.54) is 12.5 Å². The summed E-state index contributed by atoms with van der Waals surface area (Å²) in [5.74, 6) is 0.0518. The standard InChI is InChI=1S/C23H26N2O2/c1-16-12-14-25(15-13-16)23(27)22-10-8-21(9-11-22)20-6-4-19(5-7-20)17(2)24-18(3)26/h4-12,17H,13-15H2,1-3H3,(H,24,26)/t17-/m0/s1. The molecular weight excluding hydrogens is 336 g/mol. The number of rotatable bonds is 4.